The standard InChI is InChI=1S/C6H10N2O2S2/c1-6(2,9)4-3-11-5(8-4)12(7)10/h3,9H,7H2,1-2H3. The van der Waals surface area contributed by atoms with Crippen molar-refractivity contribution < 1.29 is 9.66 Å². The average Bonchev–Trinajstić information content (AvgIpc) is 2.30. The molecule has 3 N–H and O–H groups in total. The summed E-state index contributed by atoms with van der Waals surface area (Å²) < 4.78 is 11.1. The van der Waals surface area contributed by atoms with E-state index < -0.39 is 17.0 Å². The highest BCUT2D eigenvalue weighted by Gasteiger charge is 2.22. The molecule has 0 amide bonds. The first-order valence-corrected chi connectivity index (χ1v) is 5.35. The van der Waals surface area contributed by atoms with Crippen LogP contribution in [0, 0.1) is 0 Å². The predicted molar refractivity (Wildman–Crippen MR) is 48.0 cm³/mol. The van der Waals surface area contributed by atoms with E-state index >= 15 is 0 Å². The van der Waals surface area contributed by atoms with Crippen molar-refractivity contribution >= 4 is 22.7 Å². The molecule has 0 aliphatic heterocycles. The van der Waals surface area contributed by atoms with Crippen molar-refractivity contribution in [1.82, 2.24) is 4.98 Å². The molecular formula is C6H10N2O2S2. The van der Waals surface area contributed by atoms with Gasteiger partial charge in [-0.15, -0.1) is 5.14 Å². The Morgan fingerprint density at radius 2 is 2.33 bits per heavy atom. The van der Waals surface area contributed by atoms with Crippen molar-refractivity contribution in [3.63, 3.8) is 0 Å². The molecule has 0 aromatic carbocycles. The number of hydrogen-bond donors (Lipinski definition) is 2. The van der Waals surface area contributed by atoms with Crippen molar-refractivity contribution in [3.8, 4) is 0 Å². The number of nitrogens with two attached hydrogens (primary N) is 1. The van der Waals surface area contributed by atoms with Crippen molar-refractivity contribution in [2.45, 2.75) is 23.8 Å². The van der Waals surface area contributed by atoms with Gasteiger partial charge in [0.05, 0.1) is 5.69 Å². The van der Waals surface area contributed by atoms with Gasteiger partial charge in [-0.25, -0.2) is 0 Å². The number of nitrogens with zero attached hydrogens (tertiary/aromatic N) is 1. The Balaban J connectivity index is 2.92. The molecule has 1 atom stereocenters. The minimum atomic E-state index is -1.55. The van der Waals surface area contributed by atoms with Crippen molar-refractivity contribution in [1.29, 1.82) is 0 Å². The first kappa shape index (κ1) is 9.94. The highest BCUT2D eigenvalue weighted by Crippen LogP contribution is 2.23. The number of aliphatic hydroxyl groups is 1. The summed E-state index contributed by atoms with van der Waals surface area (Å²) in [5.74, 6) is 0. The van der Waals surface area contributed by atoms with Crippen LogP contribution in [0.2, 0.25) is 0 Å². The Bertz CT molecular complexity index is 267. The molecule has 1 heterocycles. The van der Waals surface area contributed by atoms with Crippen LogP contribution in [0.4, 0.5) is 0 Å². The van der Waals surface area contributed by atoms with E-state index in [1.807, 2.05) is 0 Å². The normalized spacial score (nSPS) is 14.8. The maximum Gasteiger partial charge on any atom is 0.322 e. The van der Waals surface area contributed by atoms with Crippen LogP contribution in [-0.4, -0.2) is 14.6 Å². The van der Waals surface area contributed by atoms with Gasteiger partial charge >= 0.3 is 4.34 Å². The van der Waals surface area contributed by atoms with Gasteiger partial charge in [-0.1, -0.05) is 11.3 Å². The fraction of sp³-hybridized carbons (Fsp3) is 0.500. The molecule has 0 fully saturated rings. The maximum absolute atomic E-state index is 10.7. The molecule has 0 saturated carbocycles. The summed E-state index contributed by atoms with van der Waals surface area (Å²) in [7, 11) is 0. The highest BCUT2D eigenvalue weighted by molar-refractivity contribution is 7.91. The van der Waals surface area contributed by atoms with Crippen LogP contribution >= 0.6 is 11.3 Å². The van der Waals surface area contributed by atoms with Crippen LogP contribution in [0.5, 0.6) is 0 Å². The smallest absolute Gasteiger partial charge is 0.322 e. The van der Waals surface area contributed by atoms with Crippen LogP contribution in [0.15, 0.2) is 9.72 Å². The monoisotopic (exact) mass is 206 g/mol. The van der Waals surface area contributed by atoms with Crippen molar-refractivity contribution in [2.75, 3.05) is 0 Å². The van der Waals surface area contributed by atoms with Gasteiger partial charge in [-0.3, -0.25) is 0 Å². The lowest BCUT2D eigenvalue weighted by Crippen LogP contribution is -2.17. The lowest BCUT2D eigenvalue weighted by Gasteiger charge is -2.12. The second-order valence-corrected chi connectivity index (χ2v) is 4.95. The minimum Gasteiger partial charge on any atom is -0.591 e. The quantitative estimate of drug-likeness (QED) is 0.684. The van der Waals surface area contributed by atoms with E-state index in [1.165, 1.54) is 11.3 Å². The zero-order valence-corrected chi connectivity index (χ0v) is 8.41. The van der Waals surface area contributed by atoms with Gasteiger partial charge < -0.3 is 9.66 Å². The van der Waals surface area contributed by atoms with Gasteiger partial charge in [0, 0.05) is 5.38 Å². The molecule has 4 nitrogen and oxygen atoms in total. The summed E-state index contributed by atoms with van der Waals surface area (Å²) in [5, 5.41) is 16.3. The van der Waals surface area contributed by atoms with E-state index in [2.05, 4.69) is 4.98 Å². The average molecular weight is 206 g/mol. The molecule has 68 valence electrons. The first-order chi connectivity index (χ1) is 5.41. The summed E-state index contributed by atoms with van der Waals surface area (Å²) in [6.45, 7) is 3.23. The SMILES string of the molecule is CC(C)(O)c1csc([S+](N)[O-])n1. The summed E-state index contributed by atoms with van der Waals surface area (Å²) in [5.41, 5.74) is -0.491. The Morgan fingerprint density at radius 1 is 1.75 bits per heavy atom. The Hall–Kier alpha value is -0.140. The molecule has 0 spiro atoms. The summed E-state index contributed by atoms with van der Waals surface area (Å²) >= 11 is -0.358. The predicted octanol–water partition coefficient (Wildman–Crippen LogP) is 0.352. The van der Waals surface area contributed by atoms with E-state index in [0.717, 1.165) is 0 Å². The van der Waals surface area contributed by atoms with Gasteiger partial charge in [0.1, 0.15) is 17.0 Å². The minimum absolute atomic E-state index is 0.340. The van der Waals surface area contributed by atoms with Crippen LogP contribution in [0.3, 0.4) is 0 Å². The highest BCUT2D eigenvalue weighted by atomic mass is 32.2. The summed E-state index contributed by atoms with van der Waals surface area (Å²) in [4.78, 5) is 3.92. The molecule has 0 aliphatic rings. The van der Waals surface area contributed by atoms with Crippen LogP contribution in [0.25, 0.3) is 0 Å². The van der Waals surface area contributed by atoms with E-state index in [1.54, 1.807) is 19.2 Å². The third-order valence-electron chi connectivity index (χ3n) is 1.28. The zero-order chi connectivity index (χ0) is 9.35. The Morgan fingerprint density at radius 3 is 2.58 bits per heavy atom. The van der Waals surface area contributed by atoms with Crippen molar-refractivity contribution in [2.24, 2.45) is 5.14 Å². The van der Waals surface area contributed by atoms with Gasteiger partial charge in [0.2, 0.25) is 0 Å². The number of thiazole rings is 1. The molecule has 1 aromatic heterocycles. The van der Waals surface area contributed by atoms with Gasteiger partial charge in [-0.05, 0) is 13.8 Å². The molecule has 1 rings (SSSR count). The lowest BCUT2D eigenvalue weighted by molar-refractivity contribution is 0.0741. The van der Waals surface area contributed by atoms with Crippen molar-refractivity contribution in [3.05, 3.63) is 11.1 Å². The maximum atomic E-state index is 10.7. The number of hydrogen-bond acceptors (Lipinski definition) is 5. The molecule has 1 aromatic rings. The van der Waals surface area contributed by atoms with E-state index in [4.69, 9.17) is 5.14 Å². The van der Waals surface area contributed by atoms with E-state index in [-0.39, 0.29) is 0 Å². The van der Waals surface area contributed by atoms with Crippen LogP contribution in [-0.2, 0) is 17.0 Å². The third-order valence-corrected chi connectivity index (χ3v) is 3.13. The third kappa shape index (κ3) is 2.18. The van der Waals surface area contributed by atoms with Gasteiger partial charge in [0.25, 0.3) is 0 Å². The van der Waals surface area contributed by atoms with Gasteiger partial charge in [-0.2, -0.15) is 4.98 Å². The molecule has 0 radical (unpaired) electrons. The molecule has 1 unspecified atom stereocenters. The largest absolute Gasteiger partial charge is 0.591 e. The second kappa shape index (κ2) is 3.31. The summed E-state index contributed by atoms with van der Waals surface area (Å²) in [6, 6.07) is 0. The summed E-state index contributed by atoms with van der Waals surface area (Å²) in [6.07, 6.45) is 0. The Kier molecular flexibility index (Phi) is 2.74. The van der Waals surface area contributed by atoms with Crippen LogP contribution < -0.4 is 5.14 Å². The first-order valence-electron chi connectivity index (χ1n) is 3.26. The number of rotatable bonds is 2. The van der Waals surface area contributed by atoms with E-state index in [0.29, 0.717) is 10.0 Å². The van der Waals surface area contributed by atoms with Gasteiger partial charge in [0.15, 0.2) is 0 Å². The second-order valence-electron chi connectivity index (χ2n) is 2.86. The Labute approximate surface area is 77.8 Å². The zero-order valence-electron chi connectivity index (χ0n) is 6.77. The topological polar surface area (TPSA) is 82.2 Å². The molecule has 0 bridgehead atoms. The fourth-order valence-corrected chi connectivity index (χ4v) is 2.05. The molecular weight excluding hydrogens is 196 g/mol. The molecule has 0 saturated heterocycles. The lowest BCUT2D eigenvalue weighted by atomic mass is 10.1. The fourth-order valence-electron chi connectivity index (χ4n) is 0.631. The van der Waals surface area contributed by atoms with Crippen LogP contribution in [0.1, 0.15) is 19.5 Å². The number of aromatic nitrogens is 1. The van der Waals surface area contributed by atoms with E-state index in [9.17, 15) is 9.66 Å². The molecule has 0 aliphatic carbocycles. The molecule has 12 heavy (non-hydrogen) atoms. The molecule has 6 heteroatoms.